The lowest BCUT2D eigenvalue weighted by molar-refractivity contribution is 0.0828. The minimum Gasteiger partial charge on any atom is -0.345 e. The quantitative estimate of drug-likeness (QED) is 0.532. The highest BCUT2D eigenvalue weighted by Gasteiger charge is 2.23. The monoisotopic (exact) mass is 515 g/mol. The van der Waals surface area contributed by atoms with Crippen molar-refractivity contribution in [3.63, 3.8) is 0 Å². The van der Waals surface area contributed by atoms with Gasteiger partial charge in [0.1, 0.15) is 10.3 Å². The van der Waals surface area contributed by atoms with Crippen molar-refractivity contribution in [1.29, 1.82) is 0 Å². The van der Waals surface area contributed by atoms with E-state index in [9.17, 15) is 9.59 Å². The number of pyridine rings is 1. The van der Waals surface area contributed by atoms with Crippen LogP contribution < -0.4 is 5.32 Å². The SMILES string of the molecule is CN(C)C(=O)c1cc(Cl)cc(Cl)c1NC(=O)c1cc(Br)nn1-c1ncccc1Cl. The summed E-state index contributed by atoms with van der Waals surface area (Å²) >= 11 is 21.8. The molecule has 0 radical (unpaired) electrons. The third-order valence-electron chi connectivity index (χ3n) is 3.78. The number of benzene rings is 1. The third-order valence-corrected chi connectivity index (χ3v) is 4.98. The Morgan fingerprint density at radius 2 is 1.86 bits per heavy atom. The summed E-state index contributed by atoms with van der Waals surface area (Å²) in [5, 5.41) is 7.60. The van der Waals surface area contributed by atoms with Gasteiger partial charge in [-0.3, -0.25) is 9.59 Å². The molecule has 0 saturated carbocycles. The molecule has 7 nitrogen and oxygen atoms in total. The average Bonchev–Trinajstić information content (AvgIpc) is 3.05. The first-order chi connectivity index (χ1) is 13.7. The molecular formula is C18H13BrCl3N5O2. The van der Waals surface area contributed by atoms with Crippen LogP contribution in [-0.2, 0) is 0 Å². The number of hydrogen-bond acceptors (Lipinski definition) is 4. The first-order valence-corrected chi connectivity index (χ1v) is 10.00. The summed E-state index contributed by atoms with van der Waals surface area (Å²) in [5.74, 6) is -0.661. The Balaban J connectivity index is 2.05. The Hall–Kier alpha value is -2.13. The van der Waals surface area contributed by atoms with Crippen LogP contribution in [0.1, 0.15) is 20.8 Å². The summed E-state index contributed by atoms with van der Waals surface area (Å²) in [6.45, 7) is 0. The highest BCUT2D eigenvalue weighted by atomic mass is 79.9. The Bertz CT molecular complexity index is 1120. The molecule has 0 aliphatic carbocycles. The van der Waals surface area contributed by atoms with Gasteiger partial charge in [0, 0.05) is 31.4 Å². The molecule has 2 heterocycles. The molecule has 29 heavy (non-hydrogen) atoms. The van der Waals surface area contributed by atoms with Crippen LogP contribution in [0.2, 0.25) is 15.1 Å². The second kappa shape index (κ2) is 8.71. The lowest BCUT2D eigenvalue weighted by Gasteiger charge is -2.17. The van der Waals surface area contributed by atoms with Crippen molar-refractivity contribution in [2.24, 2.45) is 0 Å². The van der Waals surface area contributed by atoms with Crippen molar-refractivity contribution in [2.75, 3.05) is 19.4 Å². The Morgan fingerprint density at radius 1 is 1.14 bits per heavy atom. The van der Waals surface area contributed by atoms with Crippen LogP contribution in [-0.4, -0.2) is 45.6 Å². The number of aromatic nitrogens is 3. The minimum absolute atomic E-state index is 0.122. The van der Waals surface area contributed by atoms with E-state index in [0.29, 0.717) is 9.63 Å². The molecule has 0 saturated heterocycles. The first kappa shape index (κ1) is 21.6. The van der Waals surface area contributed by atoms with Crippen LogP contribution in [0, 0.1) is 0 Å². The van der Waals surface area contributed by atoms with E-state index in [4.69, 9.17) is 34.8 Å². The van der Waals surface area contributed by atoms with Crippen LogP contribution in [0.5, 0.6) is 0 Å². The fraction of sp³-hybridized carbons (Fsp3) is 0.111. The van der Waals surface area contributed by atoms with E-state index in [1.807, 2.05) is 0 Å². The van der Waals surface area contributed by atoms with E-state index in [0.717, 1.165) is 0 Å². The average molecular weight is 518 g/mol. The van der Waals surface area contributed by atoms with Crippen LogP contribution in [0.15, 0.2) is 41.1 Å². The molecular weight excluding hydrogens is 504 g/mol. The minimum atomic E-state index is -0.568. The first-order valence-electron chi connectivity index (χ1n) is 8.07. The van der Waals surface area contributed by atoms with Crippen LogP contribution in [0.3, 0.4) is 0 Å². The molecule has 3 aromatic rings. The summed E-state index contributed by atoms with van der Waals surface area (Å²) in [6, 6.07) is 7.67. The zero-order valence-electron chi connectivity index (χ0n) is 15.1. The van der Waals surface area contributed by atoms with Gasteiger partial charge in [0.15, 0.2) is 5.82 Å². The molecule has 0 aliphatic heterocycles. The third kappa shape index (κ3) is 4.56. The van der Waals surface area contributed by atoms with E-state index in [1.54, 1.807) is 26.2 Å². The summed E-state index contributed by atoms with van der Waals surface area (Å²) in [7, 11) is 3.16. The lowest BCUT2D eigenvalue weighted by Crippen LogP contribution is -2.25. The van der Waals surface area contributed by atoms with Gasteiger partial charge in [0.05, 0.1) is 21.3 Å². The summed E-state index contributed by atoms with van der Waals surface area (Å²) in [5.41, 5.74) is 0.421. The van der Waals surface area contributed by atoms with Crippen LogP contribution >= 0.6 is 50.7 Å². The molecule has 0 unspecified atom stereocenters. The zero-order chi connectivity index (χ0) is 21.3. The molecule has 1 aromatic carbocycles. The van der Waals surface area contributed by atoms with Gasteiger partial charge in [-0.05, 0) is 40.2 Å². The number of hydrogen-bond donors (Lipinski definition) is 1. The van der Waals surface area contributed by atoms with Crippen molar-refractivity contribution in [3.8, 4) is 5.82 Å². The molecule has 0 bridgehead atoms. The van der Waals surface area contributed by atoms with Gasteiger partial charge in [-0.1, -0.05) is 34.8 Å². The highest BCUT2D eigenvalue weighted by Crippen LogP contribution is 2.32. The fourth-order valence-electron chi connectivity index (χ4n) is 2.50. The second-order valence-corrected chi connectivity index (χ2v) is 8.10. The predicted molar refractivity (Wildman–Crippen MR) is 117 cm³/mol. The summed E-state index contributed by atoms with van der Waals surface area (Å²) in [4.78, 5) is 31.1. The number of carbonyl (C=O) groups is 2. The number of nitrogens with one attached hydrogen (secondary N) is 1. The molecule has 11 heteroatoms. The summed E-state index contributed by atoms with van der Waals surface area (Å²) in [6.07, 6.45) is 1.53. The maximum Gasteiger partial charge on any atom is 0.274 e. The summed E-state index contributed by atoms with van der Waals surface area (Å²) < 4.78 is 1.69. The fourth-order valence-corrected chi connectivity index (χ4v) is 3.61. The topological polar surface area (TPSA) is 80.1 Å². The number of nitrogens with zero attached hydrogens (tertiary/aromatic N) is 4. The number of carbonyl (C=O) groups excluding carboxylic acids is 2. The Kier molecular flexibility index (Phi) is 6.48. The number of anilines is 1. The van der Waals surface area contributed by atoms with Crippen molar-refractivity contribution in [3.05, 3.63) is 67.5 Å². The largest absolute Gasteiger partial charge is 0.345 e. The van der Waals surface area contributed by atoms with Gasteiger partial charge in [-0.25, -0.2) is 9.67 Å². The van der Waals surface area contributed by atoms with Crippen LogP contribution in [0.25, 0.3) is 5.82 Å². The lowest BCUT2D eigenvalue weighted by atomic mass is 10.1. The molecule has 0 aliphatic rings. The van der Waals surface area contributed by atoms with Gasteiger partial charge in [0.2, 0.25) is 0 Å². The number of rotatable bonds is 4. The van der Waals surface area contributed by atoms with Crippen molar-refractivity contribution >= 4 is 68.2 Å². The van der Waals surface area contributed by atoms with Gasteiger partial charge < -0.3 is 10.2 Å². The molecule has 2 aromatic heterocycles. The number of halogens is 4. The highest BCUT2D eigenvalue weighted by molar-refractivity contribution is 9.10. The van der Waals surface area contributed by atoms with Gasteiger partial charge >= 0.3 is 0 Å². The predicted octanol–water partition coefficient (Wildman–Crippen LogP) is 4.94. The Labute approximate surface area is 189 Å². The van der Waals surface area contributed by atoms with Crippen molar-refractivity contribution in [2.45, 2.75) is 0 Å². The molecule has 0 spiro atoms. The maximum absolute atomic E-state index is 13.0. The van der Waals surface area contributed by atoms with Gasteiger partial charge in [0.25, 0.3) is 11.8 Å². The molecule has 150 valence electrons. The van der Waals surface area contributed by atoms with E-state index in [1.165, 1.54) is 34.0 Å². The normalized spacial score (nSPS) is 10.7. The maximum atomic E-state index is 13.0. The van der Waals surface area contributed by atoms with Gasteiger partial charge in [-0.15, -0.1) is 0 Å². The molecule has 0 atom stereocenters. The van der Waals surface area contributed by atoms with Crippen LogP contribution in [0.4, 0.5) is 5.69 Å². The molecule has 0 fully saturated rings. The van der Waals surface area contributed by atoms with E-state index >= 15 is 0 Å². The molecule has 3 rings (SSSR count). The Morgan fingerprint density at radius 3 is 2.52 bits per heavy atom. The second-order valence-electron chi connectivity index (χ2n) is 6.04. The number of amides is 2. The van der Waals surface area contributed by atoms with E-state index in [-0.39, 0.29) is 38.7 Å². The standard InChI is InChI=1S/C18H13BrCl3N5O2/c1-26(2)18(29)10-6-9(20)7-12(22)15(10)24-17(28)13-8-14(19)25-27(13)16-11(21)4-3-5-23-16/h3-8H,1-2H3,(H,24,28). The smallest absolute Gasteiger partial charge is 0.274 e. The molecule has 1 N–H and O–H groups in total. The van der Waals surface area contributed by atoms with Gasteiger partial charge in [-0.2, -0.15) is 5.10 Å². The van der Waals surface area contributed by atoms with Crippen molar-refractivity contribution < 1.29 is 9.59 Å². The van der Waals surface area contributed by atoms with Crippen molar-refractivity contribution in [1.82, 2.24) is 19.7 Å². The molecule has 2 amide bonds. The zero-order valence-corrected chi connectivity index (χ0v) is 18.9. The van der Waals surface area contributed by atoms with E-state index < -0.39 is 5.91 Å². The van der Waals surface area contributed by atoms with E-state index in [2.05, 4.69) is 31.3 Å².